The van der Waals surface area contributed by atoms with Gasteiger partial charge in [0.15, 0.2) is 0 Å². The first-order valence-electron chi connectivity index (χ1n) is 9.54. The molecule has 4 rings (SSSR count). The van der Waals surface area contributed by atoms with Crippen LogP contribution in [0.2, 0.25) is 5.02 Å². The molecule has 2 atom stereocenters. The number of nitrogens with zero attached hydrogens (tertiary/aromatic N) is 4. The molecule has 1 aliphatic carbocycles. The summed E-state index contributed by atoms with van der Waals surface area (Å²) in [6, 6.07) is 7.94. The SMILES string of the molecule is Cn1nccc1[C@H]1CCC[C@@]1(C)Oc1ccc(S(=O)(=O)Nc2ccncn2)cc1Cl. The van der Waals surface area contributed by atoms with Gasteiger partial charge in [0.1, 0.15) is 23.5 Å². The summed E-state index contributed by atoms with van der Waals surface area (Å²) in [5.74, 6) is 0.803. The van der Waals surface area contributed by atoms with Crippen molar-refractivity contribution in [3.63, 3.8) is 0 Å². The molecular weight excluding hydrogens is 426 g/mol. The van der Waals surface area contributed by atoms with Crippen LogP contribution in [-0.4, -0.2) is 33.8 Å². The summed E-state index contributed by atoms with van der Waals surface area (Å²) < 4.78 is 35.9. The molecule has 1 saturated carbocycles. The second-order valence-corrected chi connectivity index (χ2v) is 9.62. The molecule has 0 saturated heterocycles. The number of aryl methyl sites for hydroxylation is 1. The molecule has 8 nitrogen and oxygen atoms in total. The molecule has 0 unspecified atom stereocenters. The second-order valence-electron chi connectivity index (χ2n) is 7.53. The van der Waals surface area contributed by atoms with Crippen LogP contribution in [0, 0.1) is 0 Å². The smallest absolute Gasteiger partial charge is 0.263 e. The van der Waals surface area contributed by atoms with Crippen LogP contribution < -0.4 is 9.46 Å². The Hall–Kier alpha value is -2.65. The third kappa shape index (κ3) is 3.99. The van der Waals surface area contributed by atoms with Crippen molar-refractivity contribution in [3.8, 4) is 5.75 Å². The van der Waals surface area contributed by atoms with Gasteiger partial charge >= 0.3 is 0 Å². The van der Waals surface area contributed by atoms with Gasteiger partial charge in [-0.1, -0.05) is 11.6 Å². The lowest BCUT2D eigenvalue weighted by Crippen LogP contribution is -2.36. The first kappa shape index (κ1) is 20.6. The zero-order valence-electron chi connectivity index (χ0n) is 16.6. The van der Waals surface area contributed by atoms with Crippen LogP contribution >= 0.6 is 11.6 Å². The standard InChI is InChI=1S/C20H22ClN5O3S/c1-20(9-3-4-15(20)17-7-11-24-26(17)2)29-18-6-5-14(12-16(18)21)30(27,28)25-19-8-10-22-13-23-19/h5-8,10-13,15H,3-4,9H2,1-2H3,(H,22,23,25)/t15-,20-/m1/s1. The van der Waals surface area contributed by atoms with E-state index in [9.17, 15) is 8.42 Å². The van der Waals surface area contributed by atoms with Crippen molar-refractivity contribution in [1.82, 2.24) is 19.7 Å². The normalized spacial score (nSPS) is 21.5. The monoisotopic (exact) mass is 447 g/mol. The molecule has 0 aliphatic heterocycles. The molecule has 0 spiro atoms. The fourth-order valence-corrected chi connectivity index (χ4v) is 5.29. The Bertz CT molecular complexity index is 1150. The molecule has 2 aromatic heterocycles. The Labute approximate surface area is 180 Å². The van der Waals surface area contributed by atoms with Gasteiger partial charge in [-0.3, -0.25) is 9.40 Å². The molecular formula is C20H22ClN5O3S. The number of aromatic nitrogens is 4. The van der Waals surface area contributed by atoms with Crippen LogP contribution in [0.4, 0.5) is 5.82 Å². The zero-order chi connectivity index (χ0) is 21.4. The van der Waals surface area contributed by atoms with Gasteiger partial charge in [0.2, 0.25) is 0 Å². The maximum atomic E-state index is 12.6. The van der Waals surface area contributed by atoms with Gasteiger partial charge in [0.05, 0.1) is 9.92 Å². The maximum Gasteiger partial charge on any atom is 0.263 e. The molecule has 158 valence electrons. The van der Waals surface area contributed by atoms with Gasteiger partial charge in [-0.2, -0.15) is 5.10 Å². The molecule has 1 fully saturated rings. The minimum Gasteiger partial charge on any atom is -0.485 e. The molecule has 0 bridgehead atoms. The summed E-state index contributed by atoms with van der Waals surface area (Å²) in [6.07, 6.45) is 7.39. The van der Waals surface area contributed by atoms with Gasteiger partial charge in [0, 0.05) is 31.1 Å². The number of benzene rings is 1. The fourth-order valence-electron chi connectivity index (χ4n) is 3.98. The molecule has 0 radical (unpaired) electrons. The summed E-state index contributed by atoms with van der Waals surface area (Å²) in [7, 11) is -1.92. The Morgan fingerprint density at radius 3 is 2.77 bits per heavy atom. The Balaban J connectivity index is 1.57. The lowest BCUT2D eigenvalue weighted by molar-refractivity contribution is 0.0753. The van der Waals surface area contributed by atoms with Crippen LogP contribution in [0.25, 0.3) is 0 Å². The van der Waals surface area contributed by atoms with E-state index >= 15 is 0 Å². The van der Waals surface area contributed by atoms with E-state index in [1.165, 1.54) is 30.7 Å². The third-order valence-corrected chi connectivity index (χ3v) is 7.14. The van der Waals surface area contributed by atoms with Crippen LogP contribution in [0.1, 0.15) is 37.8 Å². The molecule has 3 aromatic rings. The van der Waals surface area contributed by atoms with Crippen molar-refractivity contribution in [1.29, 1.82) is 0 Å². The van der Waals surface area contributed by atoms with E-state index in [1.54, 1.807) is 12.3 Å². The number of anilines is 1. The average Bonchev–Trinajstić information content (AvgIpc) is 3.29. The van der Waals surface area contributed by atoms with Gasteiger partial charge in [-0.15, -0.1) is 0 Å². The van der Waals surface area contributed by atoms with Crippen molar-refractivity contribution in [3.05, 3.63) is 59.8 Å². The van der Waals surface area contributed by atoms with Crippen LogP contribution in [-0.2, 0) is 17.1 Å². The number of ether oxygens (including phenoxy) is 1. The topological polar surface area (TPSA) is 99.0 Å². The Kier molecular flexibility index (Phi) is 5.42. The molecule has 1 N–H and O–H groups in total. The highest BCUT2D eigenvalue weighted by molar-refractivity contribution is 7.92. The van der Waals surface area contributed by atoms with E-state index in [0.29, 0.717) is 5.75 Å². The molecule has 1 aliphatic rings. The average molecular weight is 448 g/mol. The quantitative estimate of drug-likeness (QED) is 0.617. The molecule has 1 aromatic carbocycles. The number of sulfonamides is 1. The van der Waals surface area contributed by atoms with Gasteiger partial charge < -0.3 is 4.74 Å². The molecule has 2 heterocycles. The summed E-state index contributed by atoms with van der Waals surface area (Å²) >= 11 is 6.42. The fraction of sp³-hybridized carbons (Fsp3) is 0.350. The predicted molar refractivity (Wildman–Crippen MR) is 113 cm³/mol. The van der Waals surface area contributed by atoms with Crippen LogP contribution in [0.15, 0.2) is 53.9 Å². The van der Waals surface area contributed by atoms with Crippen LogP contribution in [0.5, 0.6) is 5.75 Å². The summed E-state index contributed by atoms with van der Waals surface area (Å²) in [4.78, 5) is 7.68. The lowest BCUT2D eigenvalue weighted by Gasteiger charge is -2.33. The summed E-state index contributed by atoms with van der Waals surface area (Å²) in [5, 5.41) is 4.51. The molecule has 10 heteroatoms. The molecule has 30 heavy (non-hydrogen) atoms. The number of hydrogen-bond donors (Lipinski definition) is 1. The first-order chi connectivity index (χ1) is 14.3. The first-order valence-corrected chi connectivity index (χ1v) is 11.4. The second kappa shape index (κ2) is 7.88. The van der Waals surface area contributed by atoms with E-state index in [0.717, 1.165) is 25.0 Å². The number of rotatable bonds is 6. The number of hydrogen-bond acceptors (Lipinski definition) is 6. The van der Waals surface area contributed by atoms with E-state index in [1.807, 2.05) is 17.8 Å². The van der Waals surface area contributed by atoms with Crippen molar-refractivity contribution in [2.24, 2.45) is 7.05 Å². The van der Waals surface area contributed by atoms with Crippen molar-refractivity contribution >= 4 is 27.4 Å². The minimum absolute atomic E-state index is 0.0261. The minimum atomic E-state index is -3.84. The highest BCUT2D eigenvalue weighted by atomic mass is 35.5. The summed E-state index contributed by atoms with van der Waals surface area (Å²) in [6.45, 7) is 2.06. The van der Waals surface area contributed by atoms with Crippen molar-refractivity contribution < 1.29 is 13.2 Å². The Morgan fingerprint density at radius 2 is 2.10 bits per heavy atom. The van der Waals surface area contributed by atoms with Gasteiger partial charge in [-0.25, -0.2) is 18.4 Å². The number of halogens is 1. The predicted octanol–water partition coefficient (Wildman–Crippen LogP) is 3.77. The van der Waals surface area contributed by atoms with E-state index < -0.39 is 15.6 Å². The Morgan fingerprint density at radius 1 is 1.27 bits per heavy atom. The highest BCUT2D eigenvalue weighted by Crippen LogP contribution is 2.46. The van der Waals surface area contributed by atoms with Crippen LogP contribution in [0.3, 0.4) is 0 Å². The number of nitrogens with one attached hydrogen (secondary N) is 1. The molecule has 0 amide bonds. The largest absolute Gasteiger partial charge is 0.485 e. The van der Waals surface area contributed by atoms with E-state index in [-0.39, 0.29) is 21.7 Å². The highest BCUT2D eigenvalue weighted by Gasteiger charge is 2.43. The van der Waals surface area contributed by atoms with Crippen molar-refractivity contribution in [2.45, 2.75) is 42.6 Å². The zero-order valence-corrected chi connectivity index (χ0v) is 18.2. The van der Waals surface area contributed by atoms with E-state index in [2.05, 4.69) is 26.7 Å². The third-order valence-electron chi connectivity index (χ3n) is 5.50. The maximum absolute atomic E-state index is 12.6. The van der Waals surface area contributed by atoms with Gasteiger partial charge in [0.25, 0.3) is 10.0 Å². The van der Waals surface area contributed by atoms with Gasteiger partial charge in [-0.05, 0) is 56.5 Å². The summed E-state index contributed by atoms with van der Waals surface area (Å²) in [5.41, 5.74) is 0.649. The van der Waals surface area contributed by atoms with E-state index in [4.69, 9.17) is 16.3 Å². The van der Waals surface area contributed by atoms with Crippen molar-refractivity contribution in [2.75, 3.05) is 4.72 Å². The lowest BCUT2D eigenvalue weighted by atomic mass is 9.89.